The normalized spacial score (nSPS) is 10.7. The molecule has 6 heteroatoms. The van der Waals surface area contributed by atoms with E-state index in [1.165, 1.54) is 11.1 Å². The summed E-state index contributed by atoms with van der Waals surface area (Å²) in [6.07, 6.45) is 3.29. The van der Waals surface area contributed by atoms with Crippen LogP contribution in [0.15, 0.2) is 60.8 Å². The number of carbonyl (C=O) groups is 1. The molecule has 0 radical (unpaired) electrons. The summed E-state index contributed by atoms with van der Waals surface area (Å²) in [4.78, 5) is 12.1. The summed E-state index contributed by atoms with van der Waals surface area (Å²) in [5, 5.41) is 10.8. The van der Waals surface area contributed by atoms with Crippen LogP contribution in [0.2, 0.25) is 0 Å². The van der Waals surface area contributed by atoms with Crippen molar-refractivity contribution in [2.45, 2.75) is 19.8 Å². The lowest BCUT2D eigenvalue weighted by atomic mass is 10.2. The molecule has 0 atom stereocenters. The van der Waals surface area contributed by atoms with Gasteiger partial charge < -0.3 is 10.1 Å². The van der Waals surface area contributed by atoms with E-state index in [0.717, 1.165) is 18.5 Å². The fourth-order valence-electron chi connectivity index (χ4n) is 2.60. The standard InChI is InChI=1S/C21H24N4O2/c1-17-8-10-19(11-9-17)25-16-20(23-24-25)21(26)22-13-5-14-27-15-12-18-6-3-2-4-7-18/h2-4,6-11,16H,5,12-15H2,1H3,(H,22,26). The molecule has 0 aliphatic heterocycles. The summed E-state index contributed by atoms with van der Waals surface area (Å²) in [5.74, 6) is -0.224. The zero-order valence-corrected chi connectivity index (χ0v) is 15.5. The smallest absolute Gasteiger partial charge is 0.273 e. The number of nitrogens with zero attached hydrogens (tertiary/aromatic N) is 3. The first-order chi connectivity index (χ1) is 13.2. The number of aromatic nitrogens is 3. The number of nitrogens with one attached hydrogen (secondary N) is 1. The monoisotopic (exact) mass is 364 g/mol. The van der Waals surface area contributed by atoms with Crippen LogP contribution in [0.5, 0.6) is 0 Å². The Balaban J connectivity index is 1.34. The second kappa shape index (κ2) is 9.64. The lowest BCUT2D eigenvalue weighted by molar-refractivity contribution is 0.0937. The van der Waals surface area contributed by atoms with Gasteiger partial charge in [-0.05, 0) is 37.5 Å². The molecule has 6 nitrogen and oxygen atoms in total. The minimum absolute atomic E-state index is 0.224. The van der Waals surface area contributed by atoms with E-state index in [-0.39, 0.29) is 5.91 Å². The number of rotatable bonds is 9. The molecule has 3 rings (SSSR count). The quantitative estimate of drug-likeness (QED) is 0.593. The highest BCUT2D eigenvalue weighted by Gasteiger charge is 2.10. The number of amides is 1. The zero-order chi connectivity index (χ0) is 18.9. The average Bonchev–Trinajstić information content (AvgIpc) is 3.19. The molecule has 2 aromatic carbocycles. The van der Waals surface area contributed by atoms with Crippen LogP contribution in [0, 0.1) is 6.92 Å². The predicted molar refractivity (Wildman–Crippen MR) is 104 cm³/mol. The fraction of sp³-hybridized carbons (Fsp3) is 0.286. The summed E-state index contributed by atoms with van der Waals surface area (Å²) in [5.41, 5.74) is 3.62. The van der Waals surface area contributed by atoms with Crippen molar-refractivity contribution < 1.29 is 9.53 Å². The van der Waals surface area contributed by atoms with Gasteiger partial charge in [0.15, 0.2) is 5.69 Å². The molecule has 0 saturated carbocycles. The van der Waals surface area contributed by atoms with Crippen molar-refractivity contribution in [2.75, 3.05) is 19.8 Å². The Morgan fingerprint density at radius 1 is 1.07 bits per heavy atom. The third kappa shape index (κ3) is 5.76. The van der Waals surface area contributed by atoms with E-state index in [1.807, 2.05) is 49.4 Å². The van der Waals surface area contributed by atoms with Gasteiger partial charge in [-0.25, -0.2) is 4.68 Å². The van der Waals surface area contributed by atoms with Crippen molar-refractivity contribution >= 4 is 5.91 Å². The Morgan fingerprint density at radius 2 is 1.85 bits per heavy atom. The van der Waals surface area contributed by atoms with E-state index in [9.17, 15) is 4.79 Å². The van der Waals surface area contributed by atoms with E-state index >= 15 is 0 Å². The van der Waals surface area contributed by atoms with Crippen molar-refractivity contribution in [2.24, 2.45) is 0 Å². The van der Waals surface area contributed by atoms with Crippen LogP contribution in [-0.2, 0) is 11.2 Å². The largest absolute Gasteiger partial charge is 0.381 e. The maximum atomic E-state index is 12.1. The number of benzene rings is 2. The topological polar surface area (TPSA) is 69.0 Å². The maximum absolute atomic E-state index is 12.1. The van der Waals surface area contributed by atoms with Crippen molar-refractivity contribution in [3.8, 4) is 5.69 Å². The molecule has 0 unspecified atom stereocenters. The fourth-order valence-corrected chi connectivity index (χ4v) is 2.60. The zero-order valence-electron chi connectivity index (χ0n) is 15.5. The molecule has 0 aliphatic rings. The van der Waals surface area contributed by atoms with Gasteiger partial charge in [0.05, 0.1) is 18.5 Å². The maximum Gasteiger partial charge on any atom is 0.273 e. The van der Waals surface area contributed by atoms with Gasteiger partial charge in [-0.1, -0.05) is 53.2 Å². The molecular weight excluding hydrogens is 340 g/mol. The van der Waals surface area contributed by atoms with Crippen LogP contribution in [0.25, 0.3) is 5.69 Å². The average molecular weight is 364 g/mol. The van der Waals surface area contributed by atoms with Crippen molar-refractivity contribution in [3.63, 3.8) is 0 Å². The Bertz CT molecular complexity index is 844. The first-order valence-corrected chi connectivity index (χ1v) is 9.11. The van der Waals surface area contributed by atoms with Gasteiger partial charge in [0.25, 0.3) is 5.91 Å². The minimum Gasteiger partial charge on any atom is -0.381 e. The molecule has 0 saturated heterocycles. The second-order valence-corrected chi connectivity index (χ2v) is 6.34. The SMILES string of the molecule is Cc1ccc(-n2cc(C(=O)NCCCOCCc3ccccc3)nn2)cc1. The van der Waals surface area contributed by atoms with Crippen LogP contribution < -0.4 is 5.32 Å². The molecule has 0 spiro atoms. The lowest BCUT2D eigenvalue weighted by Crippen LogP contribution is -2.25. The third-order valence-electron chi connectivity index (χ3n) is 4.15. The second-order valence-electron chi connectivity index (χ2n) is 6.34. The molecule has 1 N–H and O–H groups in total. The van der Waals surface area contributed by atoms with Crippen molar-refractivity contribution in [1.29, 1.82) is 0 Å². The van der Waals surface area contributed by atoms with E-state index in [1.54, 1.807) is 10.9 Å². The Hall–Kier alpha value is -2.99. The summed E-state index contributed by atoms with van der Waals surface area (Å²) < 4.78 is 7.21. The van der Waals surface area contributed by atoms with E-state index in [0.29, 0.717) is 25.5 Å². The molecule has 1 heterocycles. The summed E-state index contributed by atoms with van der Waals surface area (Å²) in [6.45, 7) is 3.86. The van der Waals surface area contributed by atoms with Gasteiger partial charge in [-0.15, -0.1) is 5.10 Å². The molecule has 140 valence electrons. The van der Waals surface area contributed by atoms with E-state index in [4.69, 9.17) is 4.74 Å². The van der Waals surface area contributed by atoms with Gasteiger partial charge in [0.1, 0.15) is 0 Å². The molecule has 1 aromatic heterocycles. The molecule has 0 aliphatic carbocycles. The Morgan fingerprint density at radius 3 is 2.63 bits per heavy atom. The highest BCUT2D eigenvalue weighted by Crippen LogP contribution is 2.08. The summed E-state index contributed by atoms with van der Waals surface area (Å²) in [6, 6.07) is 18.1. The molecule has 0 bridgehead atoms. The molecule has 1 amide bonds. The van der Waals surface area contributed by atoms with Crippen LogP contribution in [0.1, 0.15) is 28.0 Å². The highest BCUT2D eigenvalue weighted by atomic mass is 16.5. The number of hydrogen-bond acceptors (Lipinski definition) is 4. The summed E-state index contributed by atoms with van der Waals surface area (Å²) in [7, 11) is 0. The van der Waals surface area contributed by atoms with E-state index < -0.39 is 0 Å². The number of hydrogen-bond donors (Lipinski definition) is 1. The molecule has 0 fully saturated rings. The first-order valence-electron chi connectivity index (χ1n) is 9.11. The summed E-state index contributed by atoms with van der Waals surface area (Å²) >= 11 is 0. The van der Waals surface area contributed by atoms with Gasteiger partial charge in [-0.2, -0.15) is 0 Å². The predicted octanol–water partition coefficient (Wildman–Crippen LogP) is 2.95. The minimum atomic E-state index is -0.224. The molecule has 3 aromatic rings. The number of ether oxygens (including phenoxy) is 1. The molecular formula is C21H24N4O2. The molecule has 27 heavy (non-hydrogen) atoms. The van der Waals surface area contributed by atoms with Gasteiger partial charge in [0.2, 0.25) is 0 Å². The van der Waals surface area contributed by atoms with Gasteiger partial charge in [0, 0.05) is 13.2 Å². The number of carbonyl (C=O) groups excluding carboxylic acids is 1. The first kappa shape index (κ1) is 18.8. The Kier molecular flexibility index (Phi) is 6.71. The van der Waals surface area contributed by atoms with Crippen molar-refractivity contribution in [3.05, 3.63) is 77.6 Å². The Labute approximate surface area is 159 Å². The van der Waals surface area contributed by atoms with Crippen LogP contribution >= 0.6 is 0 Å². The van der Waals surface area contributed by atoms with Crippen LogP contribution in [0.3, 0.4) is 0 Å². The lowest BCUT2D eigenvalue weighted by Gasteiger charge is -2.05. The van der Waals surface area contributed by atoms with Crippen LogP contribution in [0.4, 0.5) is 0 Å². The van der Waals surface area contributed by atoms with Gasteiger partial charge >= 0.3 is 0 Å². The van der Waals surface area contributed by atoms with Gasteiger partial charge in [-0.3, -0.25) is 4.79 Å². The van der Waals surface area contributed by atoms with Crippen LogP contribution in [-0.4, -0.2) is 40.7 Å². The third-order valence-corrected chi connectivity index (χ3v) is 4.15. The highest BCUT2D eigenvalue weighted by molar-refractivity contribution is 5.91. The van der Waals surface area contributed by atoms with E-state index in [2.05, 4.69) is 27.8 Å². The van der Waals surface area contributed by atoms with Crippen molar-refractivity contribution in [1.82, 2.24) is 20.3 Å². The number of aryl methyl sites for hydroxylation is 1.